The van der Waals surface area contributed by atoms with Crippen LogP contribution in [0.15, 0.2) is 33.7 Å². The Labute approximate surface area is 124 Å². The van der Waals surface area contributed by atoms with Crippen molar-refractivity contribution in [1.82, 2.24) is 0 Å². The Morgan fingerprint density at radius 2 is 1.05 bits per heavy atom. The molecule has 0 fully saturated rings. The van der Waals surface area contributed by atoms with Gasteiger partial charge in [0.05, 0.1) is 24.6 Å². The van der Waals surface area contributed by atoms with E-state index in [0.29, 0.717) is 13.1 Å². The van der Waals surface area contributed by atoms with Crippen LogP contribution >= 0.6 is 0 Å². The molecule has 0 spiro atoms. The zero-order valence-electron chi connectivity index (χ0n) is 11.6. The van der Waals surface area contributed by atoms with Crippen LogP contribution in [0.3, 0.4) is 0 Å². The summed E-state index contributed by atoms with van der Waals surface area (Å²) in [4.78, 5) is 8.41. The van der Waals surface area contributed by atoms with Crippen LogP contribution in [-0.4, -0.2) is 45.2 Å². The number of aliphatic imine (C=N–C) groups is 2. The molecule has 0 aromatic rings. The standard InChI is InChI=1S/C12H20N2O2.Co.H2O2/c1-9(7-11(3)15)13-5-6-14-10(2)8-12(4)16;;1-2/h7-8,15-16H,5-6H2,1-4H3;;1-2H/b11-7-,12-8-,13-9?,14-10?;;. The van der Waals surface area contributed by atoms with Crippen LogP contribution in [0.2, 0.25) is 0 Å². The summed E-state index contributed by atoms with van der Waals surface area (Å²) in [5.74, 6) is 0.500. The normalized spacial score (nSPS) is 13.4. The minimum atomic E-state index is 0. The minimum Gasteiger partial charge on any atom is -0.513 e. The van der Waals surface area contributed by atoms with E-state index in [4.69, 9.17) is 20.7 Å². The first-order chi connectivity index (χ1) is 8.41. The average molecular weight is 317 g/mol. The molecular weight excluding hydrogens is 295 g/mol. The number of rotatable bonds is 5. The van der Waals surface area contributed by atoms with Crippen molar-refractivity contribution < 1.29 is 37.5 Å². The Hall–Kier alpha value is -1.15. The van der Waals surface area contributed by atoms with Gasteiger partial charge in [0.25, 0.3) is 0 Å². The van der Waals surface area contributed by atoms with Crippen LogP contribution in [0.4, 0.5) is 0 Å². The molecule has 19 heavy (non-hydrogen) atoms. The summed E-state index contributed by atoms with van der Waals surface area (Å²) in [7, 11) is 0. The molecule has 1 radical (unpaired) electrons. The van der Waals surface area contributed by atoms with Gasteiger partial charge < -0.3 is 10.2 Å². The summed E-state index contributed by atoms with van der Waals surface area (Å²) in [5.41, 5.74) is 1.56. The van der Waals surface area contributed by atoms with E-state index in [1.807, 2.05) is 13.8 Å². The van der Waals surface area contributed by atoms with Gasteiger partial charge in [0.2, 0.25) is 0 Å². The van der Waals surface area contributed by atoms with Crippen molar-refractivity contribution in [3.63, 3.8) is 0 Å². The topological polar surface area (TPSA) is 106 Å². The molecule has 0 amide bonds. The van der Waals surface area contributed by atoms with Crippen molar-refractivity contribution >= 4 is 11.4 Å². The Kier molecular flexibility index (Phi) is 18.0. The molecule has 0 aliphatic heterocycles. The van der Waals surface area contributed by atoms with Gasteiger partial charge in [-0.3, -0.25) is 20.5 Å². The third-order valence-corrected chi connectivity index (χ3v) is 1.66. The number of allylic oxidation sites excluding steroid dienone is 4. The monoisotopic (exact) mass is 317 g/mol. The van der Waals surface area contributed by atoms with Crippen LogP contribution in [0.25, 0.3) is 0 Å². The van der Waals surface area contributed by atoms with Crippen LogP contribution in [-0.2, 0) is 16.8 Å². The average Bonchev–Trinajstić information content (AvgIpc) is 2.25. The molecule has 0 unspecified atom stereocenters. The quantitative estimate of drug-likeness (QED) is 0.206. The molecule has 0 bridgehead atoms. The van der Waals surface area contributed by atoms with Gasteiger partial charge in [0.15, 0.2) is 0 Å². The van der Waals surface area contributed by atoms with E-state index in [1.54, 1.807) is 26.0 Å². The van der Waals surface area contributed by atoms with Gasteiger partial charge in [-0.15, -0.1) is 0 Å². The molecule has 0 atom stereocenters. The first-order valence-corrected chi connectivity index (χ1v) is 5.38. The van der Waals surface area contributed by atoms with Crippen molar-refractivity contribution in [1.29, 1.82) is 0 Å². The molecule has 0 saturated heterocycles. The maximum atomic E-state index is 8.98. The molecule has 6 nitrogen and oxygen atoms in total. The molecule has 4 N–H and O–H groups in total. The Morgan fingerprint density at radius 1 is 0.789 bits per heavy atom. The van der Waals surface area contributed by atoms with Crippen molar-refractivity contribution in [2.75, 3.05) is 13.1 Å². The van der Waals surface area contributed by atoms with Gasteiger partial charge in [0.1, 0.15) is 0 Å². The van der Waals surface area contributed by atoms with Gasteiger partial charge in [-0.05, 0) is 39.8 Å². The molecule has 0 heterocycles. The second-order valence-corrected chi connectivity index (χ2v) is 3.62. The van der Waals surface area contributed by atoms with Crippen molar-refractivity contribution in [3.8, 4) is 0 Å². The number of nitrogens with zero attached hydrogens (tertiary/aromatic N) is 2. The van der Waals surface area contributed by atoms with E-state index in [9.17, 15) is 0 Å². The van der Waals surface area contributed by atoms with E-state index < -0.39 is 0 Å². The Morgan fingerprint density at radius 3 is 1.26 bits per heavy atom. The van der Waals surface area contributed by atoms with Crippen LogP contribution in [0.5, 0.6) is 0 Å². The first-order valence-electron chi connectivity index (χ1n) is 5.38. The molecular formula is C12H22CoN2O4. The predicted molar refractivity (Wildman–Crippen MR) is 74.0 cm³/mol. The number of aliphatic hydroxyl groups is 2. The molecule has 0 aliphatic rings. The zero-order chi connectivity index (χ0) is 14.6. The van der Waals surface area contributed by atoms with Gasteiger partial charge in [0, 0.05) is 28.2 Å². The van der Waals surface area contributed by atoms with E-state index >= 15 is 0 Å². The van der Waals surface area contributed by atoms with Crippen LogP contribution in [0.1, 0.15) is 27.7 Å². The largest absolute Gasteiger partial charge is 0.513 e. The van der Waals surface area contributed by atoms with Crippen molar-refractivity contribution in [2.45, 2.75) is 27.7 Å². The fourth-order valence-electron chi connectivity index (χ4n) is 1.15. The summed E-state index contributed by atoms with van der Waals surface area (Å²) in [6.45, 7) is 8.02. The summed E-state index contributed by atoms with van der Waals surface area (Å²) in [5, 5.41) is 30.0. The van der Waals surface area contributed by atoms with Gasteiger partial charge in [-0.1, -0.05) is 0 Å². The fourth-order valence-corrected chi connectivity index (χ4v) is 1.15. The second-order valence-electron chi connectivity index (χ2n) is 3.62. The molecule has 0 saturated carbocycles. The molecule has 0 aliphatic carbocycles. The van der Waals surface area contributed by atoms with Gasteiger partial charge in [-0.25, -0.2) is 0 Å². The smallest absolute Gasteiger partial charge is 0.0909 e. The minimum absolute atomic E-state index is 0. The van der Waals surface area contributed by atoms with Crippen molar-refractivity contribution in [3.05, 3.63) is 23.7 Å². The Bertz CT molecular complexity index is 308. The van der Waals surface area contributed by atoms with Crippen LogP contribution < -0.4 is 0 Å². The van der Waals surface area contributed by atoms with Gasteiger partial charge in [-0.2, -0.15) is 0 Å². The molecule has 0 aromatic carbocycles. The Balaban J connectivity index is -0.000000809. The summed E-state index contributed by atoms with van der Waals surface area (Å²) < 4.78 is 0. The molecule has 0 aromatic heterocycles. The third-order valence-electron chi connectivity index (χ3n) is 1.66. The summed E-state index contributed by atoms with van der Waals surface area (Å²) >= 11 is 0. The maximum Gasteiger partial charge on any atom is 0.0909 e. The van der Waals surface area contributed by atoms with Crippen molar-refractivity contribution in [2.24, 2.45) is 9.98 Å². The van der Waals surface area contributed by atoms with E-state index in [2.05, 4.69) is 9.98 Å². The number of hydrogen-bond acceptors (Lipinski definition) is 6. The molecule has 0 rings (SSSR count). The fraction of sp³-hybridized carbons (Fsp3) is 0.500. The number of aliphatic hydroxyl groups excluding tert-OH is 2. The first kappa shape index (κ1) is 23.0. The number of hydrogen-bond donors (Lipinski definition) is 4. The summed E-state index contributed by atoms with van der Waals surface area (Å²) in [6.07, 6.45) is 3.21. The third kappa shape index (κ3) is 19.4. The van der Waals surface area contributed by atoms with E-state index in [0.717, 1.165) is 11.4 Å². The predicted octanol–water partition coefficient (Wildman–Crippen LogP) is 2.85. The van der Waals surface area contributed by atoms with Gasteiger partial charge >= 0.3 is 0 Å². The zero-order valence-corrected chi connectivity index (χ0v) is 12.6. The van der Waals surface area contributed by atoms with Crippen LogP contribution in [0, 0.1) is 0 Å². The SMILES string of the molecule is CC(/C=C(/C)O)=NCCN=C(C)/C=C(/C)O.OO.[Co]. The second kappa shape index (κ2) is 14.9. The maximum absolute atomic E-state index is 8.98. The van der Waals surface area contributed by atoms with E-state index in [1.165, 1.54) is 0 Å². The molecule has 7 heteroatoms. The van der Waals surface area contributed by atoms with E-state index in [-0.39, 0.29) is 28.3 Å². The molecule has 113 valence electrons. The summed E-state index contributed by atoms with van der Waals surface area (Å²) in [6, 6.07) is 0.